The zero-order valence-corrected chi connectivity index (χ0v) is 13.7. The third kappa shape index (κ3) is 4.45. The number of amides is 1. The van der Waals surface area contributed by atoms with Gasteiger partial charge in [-0.05, 0) is 31.5 Å². The number of hydrogen-bond donors (Lipinski definition) is 1. The summed E-state index contributed by atoms with van der Waals surface area (Å²) in [7, 11) is -3.34. The van der Waals surface area contributed by atoms with Crippen molar-refractivity contribution in [3.8, 4) is 0 Å². The molecule has 1 aliphatic heterocycles. The molecule has 0 saturated carbocycles. The molecule has 1 aromatic rings. The average molecular weight is 326 g/mol. The fourth-order valence-electron chi connectivity index (χ4n) is 2.07. The summed E-state index contributed by atoms with van der Waals surface area (Å²) in [5, 5.41) is -0.491. The molecular weight excluding hydrogens is 304 g/mol. The number of ether oxygens (including phenoxy) is 1. The molecule has 0 bridgehead atoms. The summed E-state index contributed by atoms with van der Waals surface area (Å²) in [5.74, 6) is 0.0683. The van der Waals surface area contributed by atoms with Crippen molar-refractivity contribution < 1.29 is 17.9 Å². The summed E-state index contributed by atoms with van der Waals surface area (Å²) in [5.41, 5.74) is 1.38. The zero-order chi connectivity index (χ0) is 16.2. The highest BCUT2D eigenvalue weighted by molar-refractivity contribution is 7.93. The van der Waals surface area contributed by atoms with E-state index in [1.165, 1.54) is 0 Å². The van der Waals surface area contributed by atoms with E-state index in [4.69, 9.17) is 4.74 Å². The lowest BCUT2D eigenvalue weighted by molar-refractivity contribution is -0.134. The van der Waals surface area contributed by atoms with Gasteiger partial charge in [0.05, 0.1) is 24.9 Å². The fraction of sp³-hybridized carbons (Fsp3) is 0.533. The monoisotopic (exact) mass is 326 g/mol. The molecule has 1 aromatic carbocycles. The van der Waals surface area contributed by atoms with E-state index in [0.717, 1.165) is 5.56 Å². The average Bonchev–Trinajstić information content (AvgIpc) is 2.49. The van der Waals surface area contributed by atoms with Gasteiger partial charge in [0.15, 0.2) is 0 Å². The molecule has 0 radical (unpaired) electrons. The molecule has 1 aliphatic rings. The number of sulfonamides is 1. The Labute approximate surface area is 131 Å². The molecule has 1 heterocycles. The molecule has 0 atom stereocenters. The molecule has 6 nitrogen and oxygen atoms in total. The third-order valence-corrected chi connectivity index (χ3v) is 5.32. The van der Waals surface area contributed by atoms with Crippen LogP contribution in [0.1, 0.15) is 19.4 Å². The first kappa shape index (κ1) is 16.8. The number of hydrogen-bond acceptors (Lipinski definition) is 4. The number of morpholine rings is 1. The minimum Gasteiger partial charge on any atom is -0.378 e. The Bertz CT molecular complexity index is 605. The van der Waals surface area contributed by atoms with Crippen LogP contribution in [0.2, 0.25) is 0 Å². The van der Waals surface area contributed by atoms with Crippen molar-refractivity contribution in [2.45, 2.75) is 25.5 Å². The second kappa shape index (κ2) is 7.11. The van der Waals surface area contributed by atoms with Gasteiger partial charge < -0.3 is 9.64 Å². The van der Waals surface area contributed by atoms with E-state index < -0.39 is 15.3 Å². The van der Waals surface area contributed by atoms with Gasteiger partial charge in [0, 0.05) is 18.8 Å². The normalized spacial score (nSPS) is 15.9. The van der Waals surface area contributed by atoms with Gasteiger partial charge in [-0.2, -0.15) is 0 Å². The maximum Gasteiger partial charge on any atom is 0.235 e. The van der Waals surface area contributed by atoms with E-state index in [1.807, 2.05) is 0 Å². The highest BCUT2D eigenvalue weighted by Gasteiger charge is 2.18. The highest BCUT2D eigenvalue weighted by Crippen LogP contribution is 2.14. The molecule has 0 aromatic heterocycles. The lowest BCUT2D eigenvalue weighted by atomic mass is 10.1. The van der Waals surface area contributed by atoms with E-state index in [9.17, 15) is 13.2 Å². The number of carbonyl (C=O) groups excluding carboxylic acids is 1. The smallest absolute Gasteiger partial charge is 0.235 e. The molecule has 1 N–H and O–H groups in total. The predicted octanol–water partition coefficient (Wildman–Crippen LogP) is 1.24. The Morgan fingerprint density at radius 3 is 2.36 bits per heavy atom. The van der Waals surface area contributed by atoms with Crippen LogP contribution in [0.5, 0.6) is 0 Å². The first-order chi connectivity index (χ1) is 10.4. The first-order valence-electron chi connectivity index (χ1n) is 7.34. The van der Waals surface area contributed by atoms with Gasteiger partial charge in [-0.1, -0.05) is 12.1 Å². The highest BCUT2D eigenvalue weighted by atomic mass is 32.2. The van der Waals surface area contributed by atoms with E-state index in [0.29, 0.717) is 38.4 Å². The molecule has 1 fully saturated rings. The van der Waals surface area contributed by atoms with Gasteiger partial charge in [-0.3, -0.25) is 9.52 Å². The molecule has 0 unspecified atom stereocenters. The molecule has 0 spiro atoms. The van der Waals surface area contributed by atoms with Crippen molar-refractivity contribution in [3.05, 3.63) is 29.8 Å². The van der Waals surface area contributed by atoms with Gasteiger partial charge in [-0.25, -0.2) is 8.42 Å². The SMILES string of the molecule is CC(C)S(=O)(=O)Nc1ccc(CC(=O)N2CCOCC2)cc1. The summed E-state index contributed by atoms with van der Waals surface area (Å²) in [6, 6.07) is 6.91. The second-order valence-corrected chi connectivity index (χ2v) is 7.80. The summed E-state index contributed by atoms with van der Waals surface area (Å²) < 4.78 is 31.3. The Morgan fingerprint density at radius 1 is 1.23 bits per heavy atom. The van der Waals surface area contributed by atoms with Crippen molar-refractivity contribution in [1.82, 2.24) is 4.90 Å². The van der Waals surface area contributed by atoms with Crippen LogP contribution in [0.3, 0.4) is 0 Å². The van der Waals surface area contributed by atoms with Crippen LogP contribution in [-0.2, 0) is 26.0 Å². The summed E-state index contributed by atoms with van der Waals surface area (Å²) >= 11 is 0. The van der Waals surface area contributed by atoms with Crippen molar-refractivity contribution in [1.29, 1.82) is 0 Å². The molecule has 1 saturated heterocycles. The summed E-state index contributed by atoms with van der Waals surface area (Å²) in [6.45, 7) is 5.68. The van der Waals surface area contributed by atoms with Crippen molar-refractivity contribution in [3.63, 3.8) is 0 Å². The van der Waals surface area contributed by atoms with Crippen LogP contribution < -0.4 is 4.72 Å². The van der Waals surface area contributed by atoms with Crippen LogP contribution in [0.25, 0.3) is 0 Å². The van der Waals surface area contributed by atoms with E-state index in [2.05, 4.69) is 4.72 Å². The Kier molecular flexibility index (Phi) is 5.42. The maximum atomic E-state index is 12.1. The number of nitrogens with one attached hydrogen (secondary N) is 1. The predicted molar refractivity (Wildman–Crippen MR) is 85.2 cm³/mol. The first-order valence-corrected chi connectivity index (χ1v) is 8.89. The van der Waals surface area contributed by atoms with Gasteiger partial charge in [-0.15, -0.1) is 0 Å². The number of carbonyl (C=O) groups is 1. The van der Waals surface area contributed by atoms with Gasteiger partial charge >= 0.3 is 0 Å². The molecule has 122 valence electrons. The lowest BCUT2D eigenvalue weighted by Crippen LogP contribution is -2.41. The third-order valence-electron chi connectivity index (χ3n) is 3.55. The number of rotatable bonds is 5. The lowest BCUT2D eigenvalue weighted by Gasteiger charge is -2.26. The minimum absolute atomic E-state index is 0.0683. The number of anilines is 1. The van der Waals surface area contributed by atoms with Crippen LogP contribution >= 0.6 is 0 Å². The molecule has 7 heteroatoms. The second-order valence-electron chi connectivity index (χ2n) is 5.56. The van der Waals surface area contributed by atoms with Crippen LogP contribution in [-0.4, -0.2) is 50.8 Å². The molecule has 2 rings (SSSR count). The molecular formula is C15H22N2O4S. The molecule has 22 heavy (non-hydrogen) atoms. The van der Waals surface area contributed by atoms with Gasteiger partial charge in [0.2, 0.25) is 15.9 Å². The van der Waals surface area contributed by atoms with Crippen molar-refractivity contribution in [2.75, 3.05) is 31.0 Å². The van der Waals surface area contributed by atoms with E-state index in [-0.39, 0.29) is 5.91 Å². The summed E-state index contributed by atoms with van der Waals surface area (Å²) in [6.07, 6.45) is 0.317. The van der Waals surface area contributed by atoms with Crippen LogP contribution in [0.4, 0.5) is 5.69 Å². The van der Waals surface area contributed by atoms with Crippen molar-refractivity contribution in [2.24, 2.45) is 0 Å². The Morgan fingerprint density at radius 2 is 1.82 bits per heavy atom. The largest absolute Gasteiger partial charge is 0.378 e. The zero-order valence-electron chi connectivity index (χ0n) is 12.9. The Balaban J connectivity index is 1.95. The summed E-state index contributed by atoms with van der Waals surface area (Å²) in [4.78, 5) is 13.9. The van der Waals surface area contributed by atoms with Gasteiger partial charge in [0.25, 0.3) is 0 Å². The quantitative estimate of drug-likeness (QED) is 0.883. The number of nitrogens with zero attached hydrogens (tertiary/aromatic N) is 1. The Hall–Kier alpha value is -1.60. The van der Waals surface area contributed by atoms with Crippen molar-refractivity contribution >= 4 is 21.6 Å². The minimum atomic E-state index is -3.34. The standard InChI is InChI=1S/C15H22N2O4S/c1-12(2)22(19,20)16-14-5-3-13(4-6-14)11-15(18)17-7-9-21-10-8-17/h3-6,12,16H,7-11H2,1-2H3. The van der Waals surface area contributed by atoms with E-state index >= 15 is 0 Å². The molecule has 1 amide bonds. The molecule has 0 aliphatic carbocycles. The topological polar surface area (TPSA) is 75.7 Å². The van der Waals surface area contributed by atoms with Crippen LogP contribution in [0, 0.1) is 0 Å². The van der Waals surface area contributed by atoms with Gasteiger partial charge in [0.1, 0.15) is 0 Å². The van der Waals surface area contributed by atoms with E-state index in [1.54, 1.807) is 43.0 Å². The fourth-order valence-corrected chi connectivity index (χ4v) is 2.77. The van der Waals surface area contributed by atoms with Crippen LogP contribution in [0.15, 0.2) is 24.3 Å². The number of benzene rings is 1. The maximum absolute atomic E-state index is 12.1.